The average molecular weight is 459 g/mol. The van der Waals surface area contributed by atoms with E-state index in [9.17, 15) is 9.18 Å². The highest BCUT2D eigenvalue weighted by Crippen LogP contribution is 2.44. The molecule has 3 atom stereocenters. The normalized spacial score (nSPS) is 23.4. The van der Waals surface area contributed by atoms with Gasteiger partial charge < -0.3 is 9.80 Å². The number of carbonyl (C=O) groups excluding carboxylic acids is 1. The second-order valence-electron chi connectivity index (χ2n) is 9.78. The summed E-state index contributed by atoms with van der Waals surface area (Å²) in [6.07, 6.45) is 11.3. The van der Waals surface area contributed by atoms with Crippen molar-refractivity contribution < 1.29 is 9.18 Å². The van der Waals surface area contributed by atoms with E-state index in [1.807, 2.05) is 24.2 Å². The van der Waals surface area contributed by atoms with Crippen molar-refractivity contribution in [2.45, 2.75) is 44.7 Å². The summed E-state index contributed by atoms with van der Waals surface area (Å²) in [5.74, 6) is 1.59. The minimum Gasteiger partial charge on any atom is -0.350 e. The van der Waals surface area contributed by atoms with Crippen LogP contribution in [0.25, 0.3) is 11.4 Å². The van der Waals surface area contributed by atoms with E-state index >= 15 is 0 Å². The zero-order valence-electron chi connectivity index (χ0n) is 19.1. The third kappa shape index (κ3) is 3.81. The van der Waals surface area contributed by atoms with Gasteiger partial charge in [-0.3, -0.25) is 9.78 Å². The van der Waals surface area contributed by atoms with Crippen molar-refractivity contribution in [1.82, 2.24) is 24.8 Å². The van der Waals surface area contributed by atoms with Crippen LogP contribution < -0.4 is 4.90 Å². The number of aromatic nitrogens is 4. The van der Waals surface area contributed by atoms with Gasteiger partial charge in [0, 0.05) is 25.5 Å². The van der Waals surface area contributed by atoms with Gasteiger partial charge in [-0.1, -0.05) is 6.07 Å². The van der Waals surface area contributed by atoms with Crippen LogP contribution in [0.3, 0.4) is 0 Å². The lowest BCUT2D eigenvalue weighted by Crippen LogP contribution is -2.53. The molecule has 1 aliphatic heterocycles. The van der Waals surface area contributed by atoms with E-state index in [1.165, 1.54) is 18.9 Å². The number of hydrogen-bond donors (Lipinski definition) is 0. The zero-order chi connectivity index (χ0) is 23.2. The molecule has 1 saturated heterocycles. The molecular formula is C26H27FN6O. The Balaban J connectivity index is 1.32. The molecule has 3 fully saturated rings. The van der Waals surface area contributed by atoms with E-state index in [2.05, 4.69) is 24.8 Å². The minimum absolute atomic E-state index is 0.0622. The zero-order valence-corrected chi connectivity index (χ0v) is 19.1. The van der Waals surface area contributed by atoms with Gasteiger partial charge in [0.2, 0.25) is 0 Å². The van der Waals surface area contributed by atoms with Crippen LogP contribution in [0, 0.1) is 24.6 Å². The molecule has 1 amide bonds. The quantitative estimate of drug-likeness (QED) is 0.558. The second kappa shape index (κ2) is 8.42. The lowest BCUT2D eigenvalue weighted by Gasteiger charge is -2.40. The molecule has 2 saturated carbocycles. The van der Waals surface area contributed by atoms with Gasteiger partial charge in [-0.25, -0.2) is 19.3 Å². The summed E-state index contributed by atoms with van der Waals surface area (Å²) in [6, 6.07) is 6.55. The number of amides is 1. The first-order chi connectivity index (χ1) is 16.6. The smallest absolute Gasteiger partial charge is 0.255 e. The number of hydrogen-bond acceptors (Lipinski definition) is 6. The molecule has 2 aromatic heterocycles. The van der Waals surface area contributed by atoms with Crippen molar-refractivity contribution in [1.29, 1.82) is 0 Å². The van der Waals surface area contributed by atoms with Crippen LogP contribution in [-0.2, 0) is 0 Å². The first-order valence-corrected chi connectivity index (χ1v) is 12.0. The fraction of sp³-hybridized carbons (Fsp3) is 0.423. The molecular weight excluding hydrogens is 431 g/mol. The van der Waals surface area contributed by atoms with Crippen molar-refractivity contribution >= 4 is 11.7 Å². The van der Waals surface area contributed by atoms with Gasteiger partial charge in [-0.15, -0.1) is 0 Å². The van der Waals surface area contributed by atoms with Crippen LogP contribution in [-0.4, -0.2) is 55.9 Å². The summed E-state index contributed by atoms with van der Waals surface area (Å²) in [6.45, 7) is 3.58. The fourth-order valence-electron chi connectivity index (χ4n) is 5.58. The monoisotopic (exact) mass is 458 g/mol. The number of anilines is 1. The van der Waals surface area contributed by atoms with E-state index < -0.39 is 5.82 Å². The number of aryl methyl sites for hydroxylation is 1. The van der Waals surface area contributed by atoms with Gasteiger partial charge in [-0.05, 0) is 62.6 Å². The summed E-state index contributed by atoms with van der Waals surface area (Å²) >= 11 is 0. The predicted molar refractivity (Wildman–Crippen MR) is 126 cm³/mol. The molecule has 2 aliphatic carbocycles. The molecule has 2 bridgehead atoms. The Hall–Kier alpha value is -3.42. The maximum Gasteiger partial charge on any atom is 0.255 e. The summed E-state index contributed by atoms with van der Waals surface area (Å²) in [5, 5.41) is 0. The van der Waals surface area contributed by atoms with Crippen LogP contribution >= 0.6 is 0 Å². The van der Waals surface area contributed by atoms with Gasteiger partial charge in [0.15, 0.2) is 5.82 Å². The van der Waals surface area contributed by atoms with Gasteiger partial charge in [0.25, 0.3) is 5.91 Å². The van der Waals surface area contributed by atoms with E-state index in [0.717, 1.165) is 30.9 Å². The third-order valence-corrected chi connectivity index (χ3v) is 7.36. The van der Waals surface area contributed by atoms with Crippen LogP contribution in [0.15, 0.2) is 49.1 Å². The summed E-state index contributed by atoms with van der Waals surface area (Å²) < 4.78 is 14.9. The van der Waals surface area contributed by atoms with Crippen LogP contribution in [0.2, 0.25) is 0 Å². The van der Waals surface area contributed by atoms with Crippen LogP contribution in [0.1, 0.15) is 41.7 Å². The predicted octanol–water partition coefficient (Wildman–Crippen LogP) is 3.90. The summed E-state index contributed by atoms with van der Waals surface area (Å²) in [4.78, 5) is 35.7. The number of halogens is 1. The van der Waals surface area contributed by atoms with Gasteiger partial charge in [-0.2, -0.15) is 0 Å². The van der Waals surface area contributed by atoms with Gasteiger partial charge in [0.1, 0.15) is 11.6 Å². The Kier molecular flexibility index (Phi) is 5.23. The molecule has 3 aliphatic rings. The molecule has 3 unspecified atom stereocenters. The molecule has 8 heteroatoms. The Morgan fingerprint density at radius 2 is 1.91 bits per heavy atom. The maximum atomic E-state index is 14.9. The van der Waals surface area contributed by atoms with Gasteiger partial charge >= 0.3 is 0 Å². The van der Waals surface area contributed by atoms with E-state index in [0.29, 0.717) is 23.9 Å². The molecule has 1 aromatic carbocycles. The van der Waals surface area contributed by atoms with Crippen molar-refractivity contribution in [3.05, 3.63) is 66.1 Å². The molecule has 3 aromatic rings. The highest BCUT2D eigenvalue weighted by atomic mass is 19.1. The molecule has 3 heterocycles. The first-order valence-electron chi connectivity index (χ1n) is 12.0. The number of rotatable bonds is 6. The highest BCUT2D eigenvalue weighted by molar-refractivity contribution is 6.00. The standard InChI is InChI=1S/C26H27FN6O/c1-16-12-31-23(13-30-16)32(14-17-6-7-17)21-10-18-11-22(21)33(15-18)26(34)19-4-2-5-20(27)24(19)25-28-8-3-9-29-25/h2-5,8-9,12-13,17-18,21-22H,6-7,10-11,14-15H2,1H3. The first kappa shape index (κ1) is 21.1. The number of piperidine rings is 1. The number of fused-ring (bicyclic) bond motifs is 2. The largest absolute Gasteiger partial charge is 0.350 e. The average Bonchev–Trinajstić information content (AvgIpc) is 3.46. The Bertz CT molecular complexity index is 1200. The molecule has 7 nitrogen and oxygen atoms in total. The van der Waals surface area contributed by atoms with Gasteiger partial charge in [0.05, 0.1) is 41.3 Å². The van der Waals surface area contributed by atoms with E-state index in [-0.39, 0.29) is 29.4 Å². The molecule has 0 radical (unpaired) electrons. The lowest BCUT2D eigenvalue weighted by atomic mass is 10.00. The van der Waals surface area contributed by atoms with E-state index in [1.54, 1.807) is 30.6 Å². The third-order valence-electron chi connectivity index (χ3n) is 7.36. The lowest BCUT2D eigenvalue weighted by molar-refractivity contribution is 0.0681. The number of carbonyl (C=O) groups is 1. The number of benzene rings is 1. The second-order valence-corrected chi connectivity index (χ2v) is 9.78. The molecule has 0 N–H and O–H groups in total. The van der Waals surface area contributed by atoms with Crippen LogP contribution in [0.4, 0.5) is 10.2 Å². The number of likely N-dealkylation sites (tertiary alicyclic amines) is 1. The molecule has 0 spiro atoms. The maximum absolute atomic E-state index is 14.9. The topological polar surface area (TPSA) is 75.1 Å². The molecule has 34 heavy (non-hydrogen) atoms. The Morgan fingerprint density at radius 1 is 1.09 bits per heavy atom. The summed E-state index contributed by atoms with van der Waals surface area (Å²) in [5.41, 5.74) is 1.38. The van der Waals surface area contributed by atoms with Crippen molar-refractivity contribution in [3.63, 3.8) is 0 Å². The SMILES string of the molecule is Cc1cnc(N(CC2CC2)C2CC3CC2N(C(=O)c2cccc(F)c2-c2ncccn2)C3)cn1. The Morgan fingerprint density at radius 3 is 2.62 bits per heavy atom. The molecule has 6 rings (SSSR count). The Labute approximate surface area is 198 Å². The van der Waals surface area contributed by atoms with Crippen molar-refractivity contribution in [2.75, 3.05) is 18.0 Å². The van der Waals surface area contributed by atoms with E-state index in [4.69, 9.17) is 0 Å². The van der Waals surface area contributed by atoms with Crippen LogP contribution in [0.5, 0.6) is 0 Å². The fourth-order valence-corrected chi connectivity index (χ4v) is 5.58. The highest BCUT2D eigenvalue weighted by Gasteiger charge is 2.50. The minimum atomic E-state index is -0.483. The summed E-state index contributed by atoms with van der Waals surface area (Å²) in [7, 11) is 0. The van der Waals surface area contributed by atoms with Crippen molar-refractivity contribution in [2.24, 2.45) is 11.8 Å². The molecule has 174 valence electrons. The number of nitrogens with zero attached hydrogens (tertiary/aromatic N) is 6. The van der Waals surface area contributed by atoms with Crippen molar-refractivity contribution in [3.8, 4) is 11.4 Å².